The van der Waals surface area contributed by atoms with E-state index >= 15 is 0 Å². The van der Waals surface area contributed by atoms with E-state index in [4.69, 9.17) is 5.26 Å². The second-order valence-electron chi connectivity index (χ2n) is 4.90. The quantitative estimate of drug-likeness (QED) is 0.838. The molecule has 1 amide bonds. The molecule has 0 unspecified atom stereocenters. The highest BCUT2D eigenvalue weighted by atomic mass is 16.2. The highest BCUT2D eigenvalue weighted by Crippen LogP contribution is 2.29. The number of benzene rings is 1. The highest BCUT2D eigenvalue weighted by molar-refractivity contribution is 5.82. The fraction of sp³-hybridized carbons (Fsp3) is 0.467. The van der Waals surface area contributed by atoms with E-state index in [-0.39, 0.29) is 5.91 Å². The summed E-state index contributed by atoms with van der Waals surface area (Å²) in [6.45, 7) is 2.95. The van der Waals surface area contributed by atoms with Gasteiger partial charge in [-0.2, -0.15) is 5.26 Å². The SMILES string of the molecule is C[C@H]1CCc2ccccc2N1CC(=O)NCCC#N. The summed E-state index contributed by atoms with van der Waals surface area (Å²) >= 11 is 0. The first-order chi connectivity index (χ1) is 9.22. The van der Waals surface area contributed by atoms with E-state index in [0.717, 1.165) is 18.5 Å². The van der Waals surface area contributed by atoms with Crippen LogP contribution in [-0.2, 0) is 11.2 Å². The molecule has 1 atom stereocenters. The standard InChI is InChI=1S/C15H19N3O/c1-12-7-8-13-5-2-3-6-14(13)18(12)11-15(19)17-10-4-9-16/h2-3,5-6,12H,4,7-8,10-11H2,1H3,(H,17,19)/t12-/m0/s1. The van der Waals surface area contributed by atoms with Gasteiger partial charge in [-0.05, 0) is 31.4 Å². The molecule has 2 rings (SSSR count). The number of para-hydroxylation sites is 1. The summed E-state index contributed by atoms with van der Waals surface area (Å²) in [6.07, 6.45) is 2.50. The van der Waals surface area contributed by atoms with Gasteiger partial charge < -0.3 is 10.2 Å². The van der Waals surface area contributed by atoms with Crippen molar-refractivity contribution in [2.75, 3.05) is 18.0 Å². The average Bonchev–Trinajstić information content (AvgIpc) is 2.42. The molecule has 100 valence electrons. The molecule has 1 N–H and O–H groups in total. The molecule has 1 aliphatic rings. The van der Waals surface area contributed by atoms with Crippen molar-refractivity contribution < 1.29 is 4.79 Å². The van der Waals surface area contributed by atoms with Gasteiger partial charge in [0.1, 0.15) is 0 Å². The summed E-state index contributed by atoms with van der Waals surface area (Å²) in [5.74, 6) is -0.0150. The van der Waals surface area contributed by atoms with Crippen molar-refractivity contribution in [1.82, 2.24) is 5.32 Å². The van der Waals surface area contributed by atoms with Gasteiger partial charge in [0.2, 0.25) is 5.91 Å². The highest BCUT2D eigenvalue weighted by Gasteiger charge is 2.24. The van der Waals surface area contributed by atoms with Crippen molar-refractivity contribution in [1.29, 1.82) is 5.26 Å². The monoisotopic (exact) mass is 257 g/mol. The van der Waals surface area contributed by atoms with Crippen molar-refractivity contribution in [3.8, 4) is 6.07 Å². The number of amides is 1. The van der Waals surface area contributed by atoms with Crippen LogP contribution < -0.4 is 10.2 Å². The number of nitriles is 1. The third kappa shape index (κ3) is 3.25. The Morgan fingerprint density at radius 2 is 2.32 bits per heavy atom. The zero-order valence-corrected chi connectivity index (χ0v) is 11.2. The van der Waals surface area contributed by atoms with Crippen LogP contribution in [0.1, 0.15) is 25.3 Å². The number of carbonyl (C=O) groups is 1. The number of fused-ring (bicyclic) bond motifs is 1. The number of rotatable bonds is 4. The second kappa shape index (κ2) is 6.24. The number of nitrogens with one attached hydrogen (secondary N) is 1. The van der Waals surface area contributed by atoms with Crippen LogP contribution >= 0.6 is 0 Å². The predicted molar refractivity (Wildman–Crippen MR) is 74.8 cm³/mol. The third-order valence-corrected chi connectivity index (χ3v) is 3.54. The van der Waals surface area contributed by atoms with Crippen LogP contribution in [0, 0.1) is 11.3 Å². The maximum atomic E-state index is 11.9. The smallest absolute Gasteiger partial charge is 0.239 e. The Kier molecular flexibility index (Phi) is 4.40. The van der Waals surface area contributed by atoms with Crippen LogP contribution in [0.3, 0.4) is 0 Å². The molecule has 0 radical (unpaired) electrons. The van der Waals surface area contributed by atoms with Gasteiger partial charge >= 0.3 is 0 Å². The normalized spacial score (nSPS) is 17.5. The Morgan fingerprint density at radius 1 is 1.53 bits per heavy atom. The first kappa shape index (κ1) is 13.4. The molecule has 0 saturated heterocycles. The Balaban J connectivity index is 2.03. The average molecular weight is 257 g/mol. The largest absolute Gasteiger partial charge is 0.359 e. The maximum absolute atomic E-state index is 11.9. The van der Waals surface area contributed by atoms with Gasteiger partial charge in [-0.15, -0.1) is 0 Å². The lowest BCUT2D eigenvalue weighted by Crippen LogP contribution is -2.44. The summed E-state index contributed by atoms with van der Waals surface area (Å²) in [7, 11) is 0. The molecule has 1 heterocycles. The molecular weight excluding hydrogens is 238 g/mol. The second-order valence-corrected chi connectivity index (χ2v) is 4.90. The first-order valence-electron chi connectivity index (χ1n) is 6.70. The van der Waals surface area contributed by atoms with Gasteiger partial charge in [0.15, 0.2) is 0 Å². The van der Waals surface area contributed by atoms with Crippen LogP contribution in [0.5, 0.6) is 0 Å². The Morgan fingerprint density at radius 3 is 3.11 bits per heavy atom. The van der Waals surface area contributed by atoms with Crippen LogP contribution in [-0.4, -0.2) is 25.0 Å². The minimum Gasteiger partial charge on any atom is -0.359 e. The Bertz CT molecular complexity index is 492. The molecule has 0 aliphatic carbocycles. The number of hydrogen-bond acceptors (Lipinski definition) is 3. The fourth-order valence-corrected chi connectivity index (χ4v) is 2.47. The lowest BCUT2D eigenvalue weighted by molar-refractivity contribution is -0.119. The lowest BCUT2D eigenvalue weighted by atomic mass is 9.97. The van der Waals surface area contributed by atoms with E-state index in [1.165, 1.54) is 5.56 Å². The molecule has 0 saturated carbocycles. The summed E-state index contributed by atoms with van der Waals surface area (Å²) in [6, 6.07) is 10.7. The predicted octanol–water partition coefficient (Wildman–Crippen LogP) is 1.86. The van der Waals surface area contributed by atoms with Crippen molar-refractivity contribution in [2.24, 2.45) is 0 Å². The fourth-order valence-electron chi connectivity index (χ4n) is 2.47. The number of hydrogen-bond donors (Lipinski definition) is 1. The van der Waals surface area contributed by atoms with E-state index < -0.39 is 0 Å². The zero-order valence-electron chi connectivity index (χ0n) is 11.2. The molecule has 1 aromatic carbocycles. The molecule has 1 aliphatic heterocycles. The molecule has 0 bridgehead atoms. The van der Waals surface area contributed by atoms with E-state index in [1.54, 1.807) is 0 Å². The Hall–Kier alpha value is -2.02. The summed E-state index contributed by atoms with van der Waals surface area (Å²) in [5.41, 5.74) is 2.47. The maximum Gasteiger partial charge on any atom is 0.239 e. The number of aryl methyl sites for hydroxylation is 1. The van der Waals surface area contributed by atoms with Crippen LogP contribution in [0.15, 0.2) is 24.3 Å². The number of anilines is 1. The van der Waals surface area contributed by atoms with E-state index in [9.17, 15) is 4.79 Å². The molecule has 4 nitrogen and oxygen atoms in total. The minimum absolute atomic E-state index is 0.0150. The van der Waals surface area contributed by atoms with Gasteiger partial charge in [0.25, 0.3) is 0 Å². The molecule has 0 aromatic heterocycles. The molecule has 4 heteroatoms. The van der Waals surface area contributed by atoms with E-state index in [0.29, 0.717) is 25.6 Å². The zero-order chi connectivity index (χ0) is 13.7. The number of carbonyl (C=O) groups excluding carboxylic acids is 1. The third-order valence-electron chi connectivity index (χ3n) is 3.54. The molecule has 0 spiro atoms. The van der Waals surface area contributed by atoms with Gasteiger partial charge in [0, 0.05) is 18.3 Å². The molecule has 0 fully saturated rings. The number of nitrogens with zero attached hydrogens (tertiary/aromatic N) is 2. The van der Waals surface area contributed by atoms with Crippen molar-refractivity contribution in [3.63, 3.8) is 0 Å². The van der Waals surface area contributed by atoms with Crippen LogP contribution in [0.2, 0.25) is 0 Å². The molecule has 19 heavy (non-hydrogen) atoms. The first-order valence-corrected chi connectivity index (χ1v) is 6.70. The van der Waals surface area contributed by atoms with Gasteiger partial charge in [-0.25, -0.2) is 0 Å². The van der Waals surface area contributed by atoms with E-state index in [2.05, 4.69) is 29.3 Å². The lowest BCUT2D eigenvalue weighted by Gasteiger charge is -2.36. The van der Waals surface area contributed by atoms with Gasteiger partial charge in [-0.1, -0.05) is 18.2 Å². The van der Waals surface area contributed by atoms with E-state index in [1.807, 2.05) is 18.2 Å². The molecular formula is C15H19N3O. The minimum atomic E-state index is -0.0150. The van der Waals surface area contributed by atoms with Crippen LogP contribution in [0.25, 0.3) is 0 Å². The van der Waals surface area contributed by atoms with Crippen molar-refractivity contribution in [3.05, 3.63) is 29.8 Å². The summed E-state index contributed by atoms with van der Waals surface area (Å²) < 4.78 is 0. The Labute approximate surface area is 114 Å². The van der Waals surface area contributed by atoms with Crippen LogP contribution in [0.4, 0.5) is 5.69 Å². The molecule has 1 aromatic rings. The summed E-state index contributed by atoms with van der Waals surface area (Å²) in [4.78, 5) is 14.0. The van der Waals surface area contributed by atoms with Crippen molar-refractivity contribution >= 4 is 11.6 Å². The van der Waals surface area contributed by atoms with Gasteiger partial charge in [0.05, 0.1) is 19.0 Å². The van der Waals surface area contributed by atoms with Gasteiger partial charge in [-0.3, -0.25) is 4.79 Å². The topological polar surface area (TPSA) is 56.1 Å². The summed E-state index contributed by atoms with van der Waals surface area (Å²) in [5, 5.41) is 11.2. The van der Waals surface area contributed by atoms with Crippen molar-refractivity contribution in [2.45, 2.75) is 32.2 Å².